The van der Waals surface area contributed by atoms with Crippen LogP contribution in [0.15, 0.2) is 24.3 Å². The summed E-state index contributed by atoms with van der Waals surface area (Å²) in [4.78, 5) is 14.6. The molecule has 3 rings (SSSR count). The fourth-order valence-corrected chi connectivity index (χ4v) is 3.13. The Morgan fingerprint density at radius 3 is 2.65 bits per heavy atom. The van der Waals surface area contributed by atoms with Crippen molar-refractivity contribution in [3.63, 3.8) is 0 Å². The number of amides is 1. The summed E-state index contributed by atoms with van der Waals surface area (Å²) in [5, 5.41) is 1.65. The van der Waals surface area contributed by atoms with Gasteiger partial charge in [-0.3, -0.25) is 4.79 Å². The third-order valence-corrected chi connectivity index (χ3v) is 4.65. The van der Waals surface area contributed by atoms with E-state index in [4.69, 9.17) is 11.6 Å². The summed E-state index contributed by atoms with van der Waals surface area (Å²) in [7, 11) is 1.93. The molecule has 1 fully saturated rings. The van der Waals surface area contributed by atoms with Crippen LogP contribution in [0.1, 0.15) is 30.3 Å². The summed E-state index contributed by atoms with van der Waals surface area (Å²) < 4.78 is 1.95. The molecule has 1 aliphatic rings. The van der Waals surface area contributed by atoms with E-state index in [9.17, 15) is 4.79 Å². The Labute approximate surface area is 124 Å². The number of carbonyl (C=O) groups excluding carboxylic acids is 1. The molecule has 0 unspecified atom stereocenters. The van der Waals surface area contributed by atoms with Crippen molar-refractivity contribution in [1.82, 2.24) is 9.47 Å². The molecule has 1 saturated heterocycles. The van der Waals surface area contributed by atoms with Crippen LogP contribution in [0.3, 0.4) is 0 Å². The minimum atomic E-state index is 0.117. The van der Waals surface area contributed by atoms with Crippen molar-refractivity contribution in [1.29, 1.82) is 0 Å². The van der Waals surface area contributed by atoms with Gasteiger partial charge in [0.05, 0.1) is 0 Å². The fourth-order valence-electron chi connectivity index (χ4n) is 2.90. The van der Waals surface area contributed by atoms with E-state index in [0.717, 1.165) is 48.4 Å². The zero-order valence-electron chi connectivity index (χ0n) is 11.9. The van der Waals surface area contributed by atoms with Crippen molar-refractivity contribution in [2.24, 2.45) is 13.0 Å². The Kier molecular flexibility index (Phi) is 3.47. The highest BCUT2D eigenvalue weighted by Gasteiger charge is 2.24. The Morgan fingerprint density at radius 2 is 2.00 bits per heavy atom. The second kappa shape index (κ2) is 5.13. The molecule has 106 valence electrons. The van der Waals surface area contributed by atoms with Gasteiger partial charge in [0.2, 0.25) is 0 Å². The predicted octanol–water partition coefficient (Wildman–Crippen LogP) is 3.70. The molecule has 2 aromatic rings. The van der Waals surface area contributed by atoms with E-state index < -0.39 is 0 Å². The number of piperidine rings is 1. The second-order valence-corrected chi connectivity index (χ2v) is 6.14. The number of likely N-dealkylation sites (tertiary alicyclic amines) is 1. The van der Waals surface area contributed by atoms with E-state index in [1.165, 1.54) is 0 Å². The van der Waals surface area contributed by atoms with Gasteiger partial charge in [0, 0.05) is 36.1 Å². The number of aromatic nitrogens is 1. The molecule has 1 aliphatic heterocycles. The molecule has 1 aromatic heterocycles. The normalized spacial score (nSPS) is 16.9. The van der Waals surface area contributed by atoms with Gasteiger partial charge in [-0.25, -0.2) is 0 Å². The lowest BCUT2D eigenvalue weighted by Gasteiger charge is -2.30. The average molecular weight is 291 g/mol. The van der Waals surface area contributed by atoms with Crippen LogP contribution in [-0.2, 0) is 7.05 Å². The number of hydrogen-bond donors (Lipinski definition) is 0. The summed E-state index contributed by atoms with van der Waals surface area (Å²) in [5.41, 5.74) is 1.73. The second-order valence-electron chi connectivity index (χ2n) is 5.74. The molecule has 2 heterocycles. The van der Waals surface area contributed by atoms with E-state index in [-0.39, 0.29) is 5.91 Å². The van der Waals surface area contributed by atoms with Crippen LogP contribution in [0.2, 0.25) is 5.02 Å². The Bertz CT molecular complexity index is 654. The number of nitrogens with zero attached hydrogens (tertiary/aromatic N) is 2. The SMILES string of the molecule is CC1CCN(C(=O)c2cc3c(Cl)cccc3n2C)CC1. The van der Waals surface area contributed by atoms with Crippen LogP contribution in [0, 0.1) is 5.92 Å². The standard InChI is InChI=1S/C16H19ClN2O/c1-11-6-8-19(9-7-11)16(20)15-10-12-13(17)4-3-5-14(12)18(15)2/h3-5,10-11H,6-9H2,1-2H3. The van der Waals surface area contributed by atoms with Crippen molar-refractivity contribution in [2.75, 3.05) is 13.1 Å². The smallest absolute Gasteiger partial charge is 0.270 e. The van der Waals surface area contributed by atoms with Crippen LogP contribution in [0.4, 0.5) is 0 Å². The maximum Gasteiger partial charge on any atom is 0.270 e. The van der Waals surface area contributed by atoms with Gasteiger partial charge in [-0.2, -0.15) is 0 Å². The maximum absolute atomic E-state index is 12.7. The van der Waals surface area contributed by atoms with Gasteiger partial charge in [-0.05, 0) is 37.0 Å². The highest BCUT2D eigenvalue weighted by atomic mass is 35.5. The molecular formula is C16H19ClN2O. The van der Waals surface area contributed by atoms with Crippen LogP contribution in [-0.4, -0.2) is 28.5 Å². The Balaban J connectivity index is 1.96. The van der Waals surface area contributed by atoms with Gasteiger partial charge >= 0.3 is 0 Å². The Hall–Kier alpha value is -1.48. The van der Waals surface area contributed by atoms with Crippen molar-refractivity contribution < 1.29 is 4.79 Å². The van der Waals surface area contributed by atoms with Crippen molar-refractivity contribution in [2.45, 2.75) is 19.8 Å². The predicted molar refractivity (Wildman–Crippen MR) is 82.2 cm³/mol. The third-order valence-electron chi connectivity index (χ3n) is 4.32. The molecule has 1 amide bonds. The molecule has 0 saturated carbocycles. The van der Waals surface area contributed by atoms with E-state index in [0.29, 0.717) is 5.02 Å². The molecule has 0 bridgehead atoms. The molecule has 4 heteroatoms. The monoisotopic (exact) mass is 290 g/mol. The molecule has 0 atom stereocenters. The van der Waals surface area contributed by atoms with Crippen LogP contribution < -0.4 is 0 Å². The van der Waals surface area contributed by atoms with Gasteiger partial charge in [-0.15, -0.1) is 0 Å². The van der Waals surface area contributed by atoms with Crippen molar-refractivity contribution >= 4 is 28.4 Å². The lowest BCUT2D eigenvalue weighted by atomic mass is 9.99. The van der Waals surface area contributed by atoms with E-state index >= 15 is 0 Å². The number of fused-ring (bicyclic) bond motifs is 1. The van der Waals surface area contributed by atoms with Gasteiger partial charge in [0.1, 0.15) is 5.69 Å². The lowest BCUT2D eigenvalue weighted by Crippen LogP contribution is -2.38. The summed E-state index contributed by atoms with van der Waals surface area (Å²) in [6.07, 6.45) is 2.19. The van der Waals surface area contributed by atoms with Crippen LogP contribution in [0.5, 0.6) is 0 Å². The number of rotatable bonds is 1. The fraction of sp³-hybridized carbons (Fsp3) is 0.438. The van der Waals surface area contributed by atoms with Crippen LogP contribution >= 0.6 is 11.6 Å². The highest BCUT2D eigenvalue weighted by Crippen LogP contribution is 2.27. The largest absolute Gasteiger partial charge is 0.340 e. The molecule has 0 spiro atoms. The van der Waals surface area contributed by atoms with E-state index in [2.05, 4.69) is 6.92 Å². The average Bonchev–Trinajstić information content (AvgIpc) is 2.78. The topological polar surface area (TPSA) is 25.2 Å². The lowest BCUT2D eigenvalue weighted by molar-refractivity contribution is 0.0688. The first-order valence-corrected chi connectivity index (χ1v) is 7.49. The van der Waals surface area contributed by atoms with Gasteiger partial charge < -0.3 is 9.47 Å². The molecule has 0 aliphatic carbocycles. The van der Waals surface area contributed by atoms with E-state index in [1.807, 2.05) is 40.8 Å². The Morgan fingerprint density at radius 1 is 1.30 bits per heavy atom. The number of carbonyl (C=O) groups is 1. The van der Waals surface area contributed by atoms with Gasteiger partial charge in [-0.1, -0.05) is 24.6 Å². The zero-order chi connectivity index (χ0) is 14.3. The summed E-state index contributed by atoms with van der Waals surface area (Å²) in [6, 6.07) is 7.69. The number of benzene rings is 1. The molecule has 0 N–H and O–H groups in total. The highest BCUT2D eigenvalue weighted by molar-refractivity contribution is 6.35. The molecule has 20 heavy (non-hydrogen) atoms. The van der Waals surface area contributed by atoms with Crippen molar-refractivity contribution in [3.8, 4) is 0 Å². The number of aryl methyl sites for hydroxylation is 1. The minimum absolute atomic E-state index is 0.117. The summed E-state index contributed by atoms with van der Waals surface area (Å²) >= 11 is 6.21. The summed E-state index contributed by atoms with van der Waals surface area (Å²) in [5.74, 6) is 0.840. The minimum Gasteiger partial charge on any atom is -0.340 e. The quantitative estimate of drug-likeness (QED) is 0.786. The molecule has 1 aromatic carbocycles. The summed E-state index contributed by atoms with van der Waals surface area (Å²) in [6.45, 7) is 3.96. The van der Waals surface area contributed by atoms with Crippen molar-refractivity contribution in [3.05, 3.63) is 35.0 Å². The number of hydrogen-bond acceptors (Lipinski definition) is 1. The zero-order valence-corrected chi connectivity index (χ0v) is 12.7. The van der Waals surface area contributed by atoms with Gasteiger partial charge in [0.25, 0.3) is 5.91 Å². The third kappa shape index (κ3) is 2.20. The van der Waals surface area contributed by atoms with E-state index in [1.54, 1.807) is 0 Å². The first-order chi connectivity index (χ1) is 9.58. The van der Waals surface area contributed by atoms with Crippen LogP contribution in [0.25, 0.3) is 10.9 Å². The first kappa shape index (κ1) is 13.5. The number of halogens is 1. The molecule has 0 radical (unpaired) electrons. The first-order valence-electron chi connectivity index (χ1n) is 7.11. The van der Waals surface area contributed by atoms with Gasteiger partial charge in [0.15, 0.2) is 0 Å². The molecule has 3 nitrogen and oxygen atoms in total. The molecular weight excluding hydrogens is 272 g/mol. The maximum atomic E-state index is 12.7.